The van der Waals surface area contributed by atoms with E-state index in [1.807, 2.05) is 0 Å². The van der Waals surface area contributed by atoms with Gasteiger partial charge in [-0.15, -0.1) is 0 Å². The third-order valence-corrected chi connectivity index (χ3v) is 3.54. The second kappa shape index (κ2) is 6.05. The van der Waals surface area contributed by atoms with Crippen molar-refractivity contribution in [1.82, 2.24) is 19.6 Å². The Morgan fingerprint density at radius 2 is 2.04 bits per heavy atom. The Kier molecular flexibility index (Phi) is 4.49. The molecule has 2 rings (SSSR count). The number of aromatic nitrogens is 4. The van der Waals surface area contributed by atoms with Gasteiger partial charge in [-0.25, -0.2) is 4.79 Å². The molecule has 0 unspecified atom stereocenters. The van der Waals surface area contributed by atoms with Crippen LogP contribution in [0.3, 0.4) is 0 Å². The van der Waals surface area contributed by atoms with E-state index < -0.39 is 18.2 Å². The van der Waals surface area contributed by atoms with Crippen LogP contribution < -0.4 is 0 Å². The van der Waals surface area contributed by atoms with E-state index in [2.05, 4.69) is 10.2 Å². The highest BCUT2D eigenvalue weighted by atomic mass is 19.4. The number of carbonyl (C=O) groups is 1. The van der Waals surface area contributed by atoms with Gasteiger partial charge in [0.15, 0.2) is 0 Å². The lowest BCUT2D eigenvalue weighted by molar-refractivity contribution is -0.207. The summed E-state index contributed by atoms with van der Waals surface area (Å²) in [6.45, 7) is 5.24. The summed E-state index contributed by atoms with van der Waals surface area (Å²) >= 11 is 0. The standard InChI is InChI=1S/C14H17F3N4O2/c1-5-21-7-10(6-18-21)13(22)23-12(14(15,16)17)11-8(2)19-20(4)9(11)3/h6-7,12H,5H2,1-4H3/t12-/m1/s1. The summed E-state index contributed by atoms with van der Waals surface area (Å²) in [5, 5.41) is 7.81. The quantitative estimate of drug-likeness (QED) is 0.809. The fraction of sp³-hybridized carbons (Fsp3) is 0.500. The first kappa shape index (κ1) is 17.0. The monoisotopic (exact) mass is 330 g/mol. The molecule has 0 aromatic carbocycles. The van der Waals surface area contributed by atoms with Gasteiger partial charge in [0.2, 0.25) is 6.10 Å². The summed E-state index contributed by atoms with van der Waals surface area (Å²) in [4.78, 5) is 12.0. The maximum absolute atomic E-state index is 13.4. The van der Waals surface area contributed by atoms with Crippen LogP contribution in [0.1, 0.15) is 40.3 Å². The van der Waals surface area contributed by atoms with Crippen molar-refractivity contribution in [2.75, 3.05) is 0 Å². The van der Waals surface area contributed by atoms with Gasteiger partial charge in [-0.1, -0.05) is 0 Å². The molecule has 0 aliphatic carbocycles. The molecule has 6 nitrogen and oxygen atoms in total. The lowest BCUT2D eigenvalue weighted by atomic mass is 10.1. The van der Waals surface area contributed by atoms with E-state index in [-0.39, 0.29) is 16.8 Å². The average Bonchev–Trinajstić information content (AvgIpc) is 3.02. The Balaban J connectivity index is 2.35. The topological polar surface area (TPSA) is 61.9 Å². The smallest absolute Gasteiger partial charge is 0.430 e. The lowest BCUT2D eigenvalue weighted by Gasteiger charge is -2.21. The molecule has 0 aliphatic rings. The largest absolute Gasteiger partial charge is 0.444 e. The highest BCUT2D eigenvalue weighted by Gasteiger charge is 2.47. The van der Waals surface area contributed by atoms with Gasteiger partial charge < -0.3 is 4.74 Å². The Bertz CT molecular complexity index is 718. The zero-order valence-corrected chi connectivity index (χ0v) is 13.2. The van der Waals surface area contributed by atoms with E-state index in [1.165, 1.54) is 42.7 Å². The number of rotatable bonds is 4. The van der Waals surface area contributed by atoms with Gasteiger partial charge in [0.25, 0.3) is 0 Å². The van der Waals surface area contributed by atoms with Crippen LogP contribution in [-0.2, 0) is 18.3 Å². The molecule has 0 spiro atoms. The molecule has 0 amide bonds. The van der Waals surface area contributed by atoms with Gasteiger partial charge in [0.05, 0.1) is 17.5 Å². The molecule has 1 atom stereocenters. The van der Waals surface area contributed by atoms with E-state index in [9.17, 15) is 18.0 Å². The van der Waals surface area contributed by atoms with E-state index in [0.29, 0.717) is 12.2 Å². The molecule has 23 heavy (non-hydrogen) atoms. The second-order valence-electron chi connectivity index (χ2n) is 5.12. The molecule has 0 N–H and O–H groups in total. The Hall–Kier alpha value is -2.32. The third-order valence-electron chi connectivity index (χ3n) is 3.54. The van der Waals surface area contributed by atoms with Crippen molar-refractivity contribution in [2.45, 2.75) is 39.6 Å². The first-order valence-corrected chi connectivity index (χ1v) is 6.95. The Morgan fingerprint density at radius 3 is 2.48 bits per heavy atom. The molecular weight excluding hydrogens is 313 g/mol. The predicted octanol–water partition coefficient (Wildman–Crippen LogP) is 2.71. The fourth-order valence-electron chi connectivity index (χ4n) is 2.28. The van der Waals surface area contributed by atoms with Crippen molar-refractivity contribution in [1.29, 1.82) is 0 Å². The number of aryl methyl sites for hydroxylation is 3. The van der Waals surface area contributed by atoms with E-state index in [4.69, 9.17) is 4.74 Å². The minimum Gasteiger partial charge on any atom is -0.444 e. The zero-order chi connectivity index (χ0) is 17.4. The van der Waals surface area contributed by atoms with Crippen LogP contribution in [0, 0.1) is 13.8 Å². The molecule has 0 bridgehead atoms. The lowest BCUT2D eigenvalue weighted by Crippen LogP contribution is -2.27. The van der Waals surface area contributed by atoms with Crippen molar-refractivity contribution in [2.24, 2.45) is 7.05 Å². The van der Waals surface area contributed by atoms with Gasteiger partial charge in [-0.2, -0.15) is 23.4 Å². The van der Waals surface area contributed by atoms with Crippen LogP contribution in [0.4, 0.5) is 13.2 Å². The SMILES string of the molecule is CCn1cc(C(=O)O[C@H](c2c(C)nn(C)c2C)C(F)(F)F)cn1. The first-order valence-electron chi connectivity index (χ1n) is 6.95. The number of carbonyl (C=O) groups excluding carboxylic acids is 1. The molecular formula is C14H17F3N4O2. The highest BCUT2D eigenvalue weighted by Crippen LogP contribution is 2.39. The normalized spacial score (nSPS) is 13.2. The number of alkyl halides is 3. The Morgan fingerprint density at radius 1 is 1.39 bits per heavy atom. The van der Waals surface area contributed by atoms with E-state index in [1.54, 1.807) is 6.92 Å². The van der Waals surface area contributed by atoms with Gasteiger partial charge in [-0.3, -0.25) is 9.36 Å². The number of nitrogens with zero attached hydrogens (tertiary/aromatic N) is 4. The van der Waals surface area contributed by atoms with Gasteiger partial charge in [0, 0.05) is 31.0 Å². The highest BCUT2D eigenvalue weighted by molar-refractivity contribution is 5.89. The van der Waals surface area contributed by atoms with E-state index in [0.717, 1.165) is 0 Å². The van der Waals surface area contributed by atoms with Crippen LogP contribution in [0.2, 0.25) is 0 Å². The zero-order valence-electron chi connectivity index (χ0n) is 13.2. The van der Waals surface area contributed by atoms with Crippen molar-refractivity contribution in [3.05, 3.63) is 34.9 Å². The predicted molar refractivity (Wildman–Crippen MR) is 74.8 cm³/mol. The maximum atomic E-state index is 13.4. The summed E-state index contributed by atoms with van der Waals surface area (Å²) in [7, 11) is 1.53. The van der Waals surface area contributed by atoms with Gasteiger partial charge in [0.1, 0.15) is 0 Å². The summed E-state index contributed by atoms with van der Waals surface area (Å²) in [5.74, 6) is -1.07. The summed E-state index contributed by atoms with van der Waals surface area (Å²) in [6.07, 6.45) is -4.58. The Labute approximate surface area is 130 Å². The van der Waals surface area contributed by atoms with E-state index >= 15 is 0 Å². The second-order valence-corrected chi connectivity index (χ2v) is 5.12. The third kappa shape index (κ3) is 3.38. The molecule has 0 aliphatic heterocycles. The summed E-state index contributed by atoms with van der Waals surface area (Å²) in [5.41, 5.74) is 0.294. The number of esters is 1. The number of hydrogen-bond acceptors (Lipinski definition) is 4. The molecule has 126 valence electrons. The van der Waals surface area contributed by atoms with Crippen molar-refractivity contribution in [3.63, 3.8) is 0 Å². The van der Waals surface area contributed by atoms with Gasteiger partial charge >= 0.3 is 12.1 Å². The maximum Gasteiger partial charge on any atom is 0.430 e. The van der Waals surface area contributed by atoms with Gasteiger partial charge in [-0.05, 0) is 20.8 Å². The minimum atomic E-state index is -4.74. The molecule has 9 heteroatoms. The molecule has 2 aromatic heterocycles. The molecule has 2 heterocycles. The molecule has 0 saturated carbocycles. The molecule has 2 aromatic rings. The first-order chi connectivity index (χ1) is 10.6. The molecule has 0 saturated heterocycles. The minimum absolute atomic E-state index is 0.0275. The van der Waals surface area contributed by atoms with Crippen LogP contribution in [0.15, 0.2) is 12.4 Å². The van der Waals surface area contributed by atoms with Crippen molar-refractivity contribution >= 4 is 5.97 Å². The number of hydrogen-bond donors (Lipinski definition) is 0. The van der Waals surface area contributed by atoms with Crippen LogP contribution >= 0.6 is 0 Å². The number of ether oxygens (including phenoxy) is 1. The van der Waals surface area contributed by atoms with Crippen LogP contribution in [0.25, 0.3) is 0 Å². The molecule has 0 radical (unpaired) electrons. The van der Waals surface area contributed by atoms with Crippen molar-refractivity contribution in [3.8, 4) is 0 Å². The van der Waals surface area contributed by atoms with Crippen LogP contribution in [-0.4, -0.2) is 31.7 Å². The van der Waals surface area contributed by atoms with Crippen LogP contribution in [0.5, 0.6) is 0 Å². The summed E-state index contributed by atoms with van der Waals surface area (Å²) in [6, 6.07) is 0. The van der Waals surface area contributed by atoms with Crippen molar-refractivity contribution < 1.29 is 22.7 Å². The molecule has 0 fully saturated rings. The number of halogens is 3. The summed E-state index contributed by atoms with van der Waals surface area (Å²) < 4.78 is 47.7. The fourth-order valence-corrected chi connectivity index (χ4v) is 2.28. The average molecular weight is 330 g/mol.